The van der Waals surface area contributed by atoms with Crippen molar-refractivity contribution in [3.8, 4) is 5.75 Å². The van der Waals surface area contributed by atoms with Crippen molar-refractivity contribution >= 4 is 23.2 Å². The number of ether oxygens (including phenoxy) is 2. The van der Waals surface area contributed by atoms with Gasteiger partial charge in [-0.1, -0.05) is 37.1 Å². The lowest BCUT2D eigenvalue weighted by atomic mass is 9.73. The molecule has 4 nitrogen and oxygen atoms in total. The molecule has 0 spiro atoms. The summed E-state index contributed by atoms with van der Waals surface area (Å²) in [5.41, 5.74) is 1.15. The van der Waals surface area contributed by atoms with Gasteiger partial charge in [0.2, 0.25) is 5.91 Å². The van der Waals surface area contributed by atoms with Gasteiger partial charge in [0, 0.05) is 23.9 Å². The number of nitrogens with one attached hydrogen (secondary N) is 1. The molecule has 1 aliphatic rings. The van der Waals surface area contributed by atoms with Gasteiger partial charge in [-0.3, -0.25) is 4.79 Å². The van der Waals surface area contributed by atoms with Crippen LogP contribution in [-0.4, -0.2) is 25.7 Å². The first-order chi connectivity index (χ1) is 13.1. The van der Waals surface area contributed by atoms with E-state index in [1.165, 1.54) is 0 Å². The van der Waals surface area contributed by atoms with Crippen LogP contribution < -0.4 is 10.1 Å². The molecule has 27 heavy (non-hydrogen) atoms. The van der Waals surface area contributed by atoms with Gasteiger partial charge in [-0.05, 0) is 61.2 Å². The van der Waals surface area contributed by atoms with Crippen molar-refractivity contribution in [3.05, 3.63) is 59.1 Å². The Morgan fingerprint density at radius 3 is 2.41 bits per heavy atom. The van der Waals surface area contributed by atoms with Crippen molar-refractivity contribution in [1.82, 2.24) is 0 Å². The van der Waals surface area contributed by atoms with Crippen LogP contribution in [0.4, 0.5) is 5.69 Å². The summed E-state index contributed by atoms with van der Waals surface area (Å²) in [6, 6.07) is 15.1. The molecule has 0 saturated carbocycles. The first-order valence-corrected chi connectivity index (χ1v) is 9.90. The van der Waals surface area contributed by atoms with Crippen molar-refractivity contribution in [1.29, 1.82) is 0 Å². The second kappa shape index (κ2) is 9.25. The first kappa shape index (κ1) is 19.7. The summed E-state index contributed by atoms with van der Waals surface area (Å²) < 4.78 is 11.2. The minimum atomic E-state index is -0.598. The molecule has 1 N–H and O–H groups in total. The zero-order valence-electron chi connectivity index (χ0n) is 15.7. The number of benzene rings is 2. The normalized spacial score (nSPS) is 15.9. The minimum absolute atomic E-state index is 0.00669. The monoisotopic (exact) mass is 387 g/mol. The molecule has 0 atom stereocenters. The summed E-state index contributed by atoms with van der Waals surface area (Å²) >= 11 is 6.03. The van der Waals surface area contributed by atoms with Crippen LogP contribution >= 0.6 is 11.6 Å². The van der Waals surface area contributed by atoms with Gasteiger partial charge in [-0.2, -0.15) is 0 Å². The number of halogens is 1. The number of unbranched alkanes of at least 4 members (excludes halogenated alkanes) is 1. The summed E-state index contributed by atoms with van der Waals surface area (Å²) in [4.78, 5) is 13.2. The van der Waals surface area contributed by atoms with E-state index in [-0.39, 0.29) is 5.91 Å². The standard InChI is InChI=1S/C22H26ClNO3/c1-2-3-14-27-20-10-8-19(9-11-20)24-21(25)22(12-15-26-16-13-22)17-4-6-18(23)7-5-17/h4-11H,2-3,12-16H2,1H3,(H,24,25). The van der Waals surface area contributed by atoms with E-state index in [2.05, 4.69) is 12.2 Å². The van der Waals surface area contributed by atoms with Gasteiger partial charge < -0.3 is 14.8 Å². The quantitative estimate of drug-likeness (QED) is 0.663. The Morgan fingerprint density at radius 1 is 1.11 bits per heavy atom. The molecule has 3 rings (SSSR count). The third-order valence-corrected chi connectivity index (χ3v) is 5.31. The van der Waals surface area contributed by atoms with E-state index in [0.29, 0.717) is 37.7 Å². The Morgan fingerprint density at radius 2 is 1.78 bits per heavy atom. The Balaban J connectivity index is 1.74. The minimum Gasteiger partial charge on any atom is -0.494 e. The Labute approximate surface area is 165 Å². The average Bonchev–Trinajstić information content (AvgIpc) is 2.70. The SMILES string of the molecule is CCCCOc1ccc(NC(=O)C2(c3ccc(Cl)cc3)CCOCC2)cc1. The molecule has 144 valence electrons. The van der Waals surface area contributed by atoms with E-state index in [0.717, 1.165) is 29.8 Å². The van der Waals surface area contributed by atoms with Gasteiger partial charge in [0.05, 0.1) is 12.0 Å². The highest BCUT2D eigenvalue weighted by atomic mass is 35.5. The molecular formula is C22H26ClNO3. The first-order valence-electron chi connectivity index (χ1n) is 9.52. The lowest BCUT2D eigenvalue weighted by Crippen LogP contribution is -2.44. The molecule has 2 aromatic carbocycles. The molecule has 1 heterocycles. The third kappa shape index (κ3) is 4.82. The van der Waals surface area contributed by atoms with E-state index >= 15 is 0 Å². The van der Waals surface area contributed by atoms with Gasteiger partial charge >= 0.3 is 0 Å². The van der Waals surface area contributed by atoms with E-state index in [1.54, 1.807) is 0 Å². The van der Waals surface area contributed by atoms with Crippen LogP contribution in [0, 0.1) is 0 Å². The lowest BCUT2D eigenvalue weighted by molar-refractivity contribution is -0.125. The number of anilines is 1. The summed E-state index contributed by atoms with van der Waals surface area (Å²) in [7, 11) is 0. The molecule has 0 aromatic heterocycles. The molecule has 1 fully saturated rings. The highest BCUT2D eigenvalue weighted by Crippen LogP contribution is 2.36. The molecule has 1 saturated heterocycles. The Kier molecular flexibility index (Phi) is 6.75. The maximum atomic E-state index is 13.2. The number of carbonyl (C=O) groups excluding carboxylic acids is 1. The maximum absolute atomic E-state index is 13.2. The Hall–Kier alpha value is -2.04. The van der Waals surface area contributed by atoms with Gasteiger partial charge in [-0.25, -0.2) is 0 Å². The van der Waals surface area contributed by atoms with E-state index in [1.807, 2.05) is 48.5 Å². The molecule has 1 aliphatic heterocycles. The van der Waals surface area contributed by atoms with Crippen LogP contribution in [0.1, 0.15) is 38.2 Å². The lowest BCUT2D eigenvalue weighted by Gasteiger charge is -2.36. The van der Waals surface area contributed by atoms with Crippen LogP contribution in [0.3, 0.4) is 0 Å². The second-order valence-corrected chi connectivity index (χ2v) is 7.32. The smallest absolute Gasteiger partial charge is 0.235 e. The zero-order valence-corrected chi connectivity index (χ0v) is 16.4. The fraction of sp³-hybridized carbons (Fsp3) is 0.409. The average molecular weight is 388 g/mol. The number of carbonyl (C=O) groups is 1. The van der Waals surface area contributed by atoms with Gasteiger partial charge in [0.25, 0.3) is 0 Å². The van der Waals surface area contributed by atoms with Crippen LogP contribution in [0.15, 0.2) is 48.5 Å². The molecule has 0 aliphatic carbocycles. The van der Waals surface area contributed by atoms with Crippen molar-refractivity contribution in [2.45, 2.75) is 38.0 Å². The van der Waals surface area contributed by atoms with Crippen molar-refractivity contribution in [3.63, 3.8) is 0 Å². The van der Waals surface area contributed by atoms with Gasteiger partial charge in [0.1, 0.15) is 5.75 Å². The predicted octanol–water partition coefficient (Wildman–Crippen LogP) is 5.21. The molecular weight excluding hydrogens is 362 g/mol. The van der Waals surface area contributed by atoms with E-state index < -0.39 is 5.41 Å². The Bertz CT molecular complexity index is 737. The molecule has 0 unspecified atom stereocenters. The third-order valence-electron chi connectivity index (χ3n) is 5.06. The predicted molar refractivity (Wildman–Crippen MR) is 109 cm³/mol. The van der Waals surface area contributed by atoms with Gasteiger partial charge in [0.15, 0.2) is 0 Å². The molecule has 0 bridgehead atoms. The van der Waals surface area contributed by atoms with Crippen LogP contribution in [-0.2, 0) is 14.9 Å². The maximum Gasteiger partial charge on any atom is 0.235 e. The van der Waals surface area contributed by atoms with Crippen LogP contribution in [0.5, 0.6) is 5.75 Å². The fourth-order valence-electron chi connectivity index (χ4n) is 3.36. The number of amides is 1. The van der Waals surface area contributed by atoms with Gasteiger partial charge in [-0.15, -0.1) is 0 Å². The topological polar surface area (TPSA) is 47.6 Å². The largest absolute Gasteiger partial charge is 0.494 e. The van der Waals surface area contributed by atoms with Crippen molar-refractivity contribution in [2.24, 2.45) is 0 Å². The van der Waals surface area contributed by atoms with E-state index in [9.17, 15) is 4.79 Å². The summed E-state index contributed by atoms with van der Waals surface area (Å²) in [5, 5.41) is 3.74. The second-order valence-electron chi connectivity index (χ2n) is 6.88. The van der Waals surface area contributed by atoms with Crippen LogP contribution in [0.2, 0.25) is 5.02 Å². The number of rotatable bonds is 7. The van der Waals surface area contributed by atoms with Crippen molar-refractivity contribution < 1.29 is 14.3 Å². The molecule has 5 heteroatoms. The molecule has 0 radical (unpaired) electrons. The van der Waals surface area contributed by atoms with E-state index in [4.69, 9.17) is 21.1 Å². The van der Waals surface area contributed by atoms with Crippen molar-refractivity contribution in [2.75, 3.05) is 25.1 Å². The zero-order chi connectivity index (χ0) is 19.1. The fourth-order valence-corrected chi connectivity index (χ4v) is 3.48. The summed E-state index contributed by atoms with van der Waals surface area (Å²) in [6.07, 6.45) is 3.44. The highest BCUT2D eigenvalue weighted by molar-refractivity contribution is 6.30. The summed E-state index contributed by atoms with van der Waals surface area (Å²) in [5.74, 6) is 0.813. The number of hydrogen-bond donors (Lipinski definition) is 1. The summed E-state index contributed by atoms with van der Waals surface area (Å²) in [6.45, 7) is 3.98. The number of hydrogen-bond acceptors (Lipinski definition) is 3. The molecule has 1 amide bonds. The van der Waals surface area contributed by atoms with Crippen LogP contribution in [0.25, 0.3) is 0 Å². The highest BCUT2D eigenvalue weighted by Gasteiger charge is 2.41. The molecule has 2 aromatic rings.